The van der Waals surface area contributed by atoms with Gasteiger partial charge in [0.1, 0.15) is 5.82 Å². The first-order valence-corrected chi connectivity index (χ1v) is 9.87. The Morgan fingerprint density at radius 1 is 1.21 bits per heavy atom. The van der Waals surface area contributed by atoms with Crippen molar-refractivity contribution in [2.24, 2.45) is 0 Å². The number of nitrogens with zero attached hydrogens (tertiary/aromatic N) is 3. The highest BCUT2D eigenvalue weighted by Gasteiger charge is 2.30. The van der Waals surface area contributed by atoms with Crippen LogP contribution >= 0.6 is 11.8 Å². The second-order valence-corrected chi connectivity index (χ2v) is 7.21. The summed E-state index contributed by atoms with van der Waals surface area (Å²) in [6.45, 7) is 7.19. The zero-order valence-electron chi connectivity index (χ0n) is 14.7. The molecular weight excluding hydrogens is 318 g/mol. The van der Waals surface area contributed by atoms with Crippen LogP contribution in [0.15, 0.2) is 23.4 Å². The maximum atomic E-state index is 12.7. The summed E-state index contributed by atoms with van der Waals surface area (Å²) in [6, 6.07) is 6.27. The first-order valence-electron chi connectivity index (χ1n) is 8.88. The van der Waals surface area contributed by atoms with Crippen molar-refractivity contribution < 1.29 is 4.79 Å². The Hall–Kier alpha value is -1.62. The van der Waals surface area contributed by atoms with Crippen molar-refractivity contribution in [2.75, 3.05) is 5.75 Å². The van der Waals surface area contributed by atoms with Crippen molar-refractivity contribution in [1.82, 2.24) is 14.8 Å². The first-order chi connectivity index (χ1) is 11.7. The smallest absolute Gasteiger partial charge is 0.191 e. The van der Waals surface area contributed by atoms with E-state index in [-0.39, 0.29) is 5.78 Å². The van der Waals surface area contributed by atoms with Crippen molar-refractivity contribution in [1.29, 1.82) is 0 Å². The molecule has 1 heterocycles. The fourth-order valence-corrected chi connectivity index (χ4v) is 3.86. The monoisotopic (exact) mass is 343 g/mol. The molecule has 0 atom stereocenters. The predicted octanol–water partition coefficient (Wildman–Crippen LogP) is 4.28. The van der Waals surface area contributed by atoms with E-state index in [1.807, 2.05) is 0 Å². The molecule has 5 heteroatoms. The van der Waals surface area contributed by atoms with Crippen molar-refractivity contribution in [3.8, 4) is 0 Å². The maximum absolute atomic E-state index is 12.7. The highest BCUT2D eigenvalue weighted by atomic mass is 32.2. The van der Waals surface area contributed by atoms with Crippen LogP contribution < -0.4 is 0 Å². The third-order valence-corrected chi connectivity index (χ3v) is 5.57. The van der Waals surface area contributed by atoms with Gasteiger partial charge in [-0.3, -0.25) is 4.79 Å². The molecule has 0 bridgehead atoms. The third kappa shape index (κ3) is 3.56. The topological polar surface area (TPSA) is 47.8 Å². The number of benzene rings is 1. The Kier molecular flexibility index (Phi) is 5.39. The lowest BCUT2D eigenvalue weighted by Crippen LogP contribution is -2.09. The molecule has 128 valence electrons. The Morgan fingerprint density at radius 3 is 2.62 bits per heavy atom. The summed E-state index contributed by atoms with van der Waals surface area (Å²) in [5.74, 6) is 2.28. The number of aromatic nitrogens is 3. The number of thioether (sulfide) groups is 1. The van der Waals surface area contributed by atoms with Crippen molar-refractivity contribution >= 4 is 17.5 Å². The van der Waals surface area contributed by atoms with Crippen LogP contribution in [0.3, 0.4) is 0 Å². The molecule has 1 saturated carbocycles. The third-order valence-electron chi connectivity index (χ3n) is 4.60. The molecule has 0 N–H and O–H groups in total. The summed E-state index contributed by atoms with van der Waals surface area (Å²) >= 11 is 1.51. The van der Waals surface area contributed by atoms with Crippen molar-refractivity contribution in [3.63, 3.8) is 0 Å². The number of rotatable bonds is 8. The summed E-state index contributed by atoms with van der Waals surface area (Å²) < 4.78 is 2.17. The van der Waals surface area contributed by atoms with Crippen LogP contribution in [-0.2, 0) is 19.4 Å². The van der Waals surface area contributed by atoms with Crippen LogP contribution in [0.5, 0.6) is 0 Å². The fourth-order valence-electron chi connectivity index (χ4n) is 2.97. The lowest BCUT2D eigenvalue weighted by atomic mass is 9.98. The minimum absolute atomic E-state index is 0.186. The van der Waals surface area contributed by atoms with Gasteiger partial charge >= 0.3 is 0 Å². The molecule has 0 radical (unpaired) electrons. The molecule has 0 unspecified atom stereocenters. The second kappa shape index (κ2) is 7.51. The van der Waals surface area contributed by atoms with Gasteiger partial charge in [-0.05, 0) is 49.8 Å². The number of hydrogen-bond acceptors (Lipinski definition) is 4. The van der Waals surface area contributed by atoms with Gasteiger partial charge in [-0.15, -0.1) is 10.2 Å². The number of aryl methyl sites for hydroxylation is 2. The Bertz CT molecular complexity index is 734. The lowest BCUT2D eigenvalue weighted by Gasteiger charge is -2.10. The van der Waals surface area contributed by atoms with E-state index >= 15 is 0 Å². The minimum Gasteiger partial charge on any atom is -0.306 e. The minimum atomic E-state index is 0.186. The van der Waals surface area contributed by atoms with Gasteiger partial charge in [0.15, 0.2) is 10.9 Å². The largest absolute Gasteiger partial charge is 0.306 e. The number of carbonyl (C=O) groups excluding carboxylic acids is 1. The summed E-state index contributed by atoms with van der Waals surface area (Å²) in [7, 11) is 0. The molecule has 0 amide bonds. The van der Waals surface area contributed by atoms with E-state index in [9.17, 15) is 4.79 Å². The molecular formula is C19H25N3OS. The van der Waals surface area contributed by atoms with Crippen molar-refractivity contribution in [3.05, 3.63) is 40.7 Å². The Balaban J connectivity index is 1.74. The van der Waals surface area contributed by atoms with E-state index in [0.717, 1.165) is 41.5 Å². The zero-order valence-corrected chi connectivity index (χ0v) is 15.5. The average molecular weight is 343 g/mol. The van der Waals surface area contributed by atoms with Crippen LogP contribution in [0.4, 0.5) is 0 Å². The second-order valence-electron chi connectivity index (χ2n) is 6.27. The van der Waals surface area contributed by atoms with Crippen LogP contribution in [0.2, 0.25) is 0 Å². The van der Waals surface area contributed by atoms with Gasteiger partial charge in [-0.25, -0.2) is 0 Å². The first kappa shape index (κ1) is 17.2. The normalized spacial score (nSPS) is 14.1. The SMILES string of the molecule is CCc1ccc(CC)c(C(=O)CSc2nnc(C3CC3)n2CC)c1. The van der Waals surface area contributed by atoms with E-state index < -0.39 is 0 Å². The molecule has 24 heavy (non-hydrogen) atoms. The zero-order chi connectivity index (χ0) is 17.1. The molecule has 1 aliphatic rings. The highest BCUT2D eigenvalue weighted by molar-refractivity contribution is 7.99. The molecule has 1 aliphatic carbocycles. The van der Waals surface area contributed by atoms with Gasteiger partial charge in [0, 0.05) is 18.0 Å². The van der Waals surface area contributed by atoms with E-state index in [1.165, 1.54) is 30.2 Å². The maximum Gasteiger partial charge on any atom is 0.191 e. The number of carbonyl (C=O) groups is 1. The molecule has 4 nitrogen and oxygen atoms in total. The molecule has 0 spiro atoms. The standard InChI is InChI=1S/C19H25N3OS/c1-4-13-7-8-14(5-2)16(11-13)17(23)12-24-19-21-20-18(15-9-10-15)22(19)6-3/h7-8,11,15H,4-6,9-10,12H2,1-3H3. The average Bonchev–Trinajstić information content (AvgIpc) is 3.38. The Labute approximate surface area is 148 Å². The van der Waals surface area contributed by atoms with Crippen LogP contribution in [-0.4, -0.2) is 26.3 Å². The number of Topliss-reactive ketones (excluding diaryl/α,β-unsaturated/α-hetero) is 1. The molecule has 0 aliphatic heterocycles. The van der Waals surface area contributed by atoms with Crippen molar-refractivity contribution in [2.45, 2.75) is 64.1 Å². The Morgan fingerprint density at radius 2 is 2.00 bits per heavy atom. The molecule has 1 aromatic heterocycles. The van der Waals surface area contributed by atoms with Crippen LogP contribution in [0.25, 0.3) is 0 Å². The van der Waals surface area contributed by atoms with E-state index in [1.54, 1.807) is 0 Å². The van der Waals surface area contributed by atoms with Gasteiger partial charge in [-0.2, -0.15) is 0 Å². The van der Waals surface area contributed by atoms with E-state index in [0.29, 0.717) is 11.7 Å². The van der Waals surface area contributed by atoms with E-state index in [4.69, 9.17) is 0 Å². The van der Waals surface area contributed by atoms with Crippen LogP contribution in [0.1, 0.15) is 66.8 Å². The molecule has 3 rings (SSSR count). The summed E-state index contributed by atoms with van der Waals surface area (Å²) in [6.07, 6.45) is 4.26. The van der Waals surface area contributed by atoms with Gasteiger partial charge in [0.05, 0.1) is 5.75 Å². The summed E-state index contributed by atoms with van der Waals surface area (Å²) in [5.41, 5.74) is 3.22. The molecule has 0 saturated heterocycles. The highest BCUT2D eigenvalue weighted by Crippen LogP contribution is 2.40. The summed E-state index contributed by atoms with van der Waals surface area (Å²) in [5, 5.41) is 9.53. The summed E-state index contributed by atoms with van der Waals surface area (Å²) in [4.78, 5) is 12.7. The van der Waals surface area contributed by atoms with Crippen LogP contribution in [0, 0.1) is 0 Å². The van der Waals surface area contributed by atoms with Gasteiger partial charge in [0.2, 0.25) is 0 Å². The van der Waals surface area contributed by atoms with Gasteiger partial charge < -0.3 is 4.57 Å². The quantitative estimate of drug-likeness (QED) is 0.530. The van der Waals surface area contributed by atoms with Gasteiger partial charge in [-0.1, -0.05) is 37.7 Å². The molecule has 1 fully saturated rings. The van der Waals surface area contributed by atoms with E-state index in [2.05, 4.69) is 53.7 Å². The van der Waals surface area contributed by atoms with Gasteiger partial charge in [0.25, 0.3) is 0 Å². The fraction of sp³-hybridized carbons (Fsp3) is 0.526. The lowest BCUT2D eigenvalue weighted by molar-refractivity contribution is 0.102. The number of ketones is 1. The molecule has 1 aromatic carbocycles. The number of hydrogen-bond donors (Lipinski definition) is 0. The predicted molar refractivity (Wildman–Crippen MR) is 97.9 cm³/mol. The molecule has 2 aromatic rings.